The Balaban J connectivity index is 1.95. The first-order chi connectivity index (χ1) is 16.5. The molecule has 0 aliphatic rings. The smallest absolute Gasteiger partial charge is 0.243 e. The van der Waals surface area contributed by atoms with Gasteiger partial charge < -0.3 is 10.2 Å². The lowest BCUT2D eigenvalue weighted by Crippen LogP contribution is -2.51. The van der Waals surface area contributed by atoms with Crippen LogP contribution in [0.5, 0.6) is 0 Å². The Kier molecular flexibility index (Phi) is 9.83. The first kappa shape index (κ1) is 25.6. The number of carbonyl (C=O) groups is 2. The van der Waals surface area contributed by atoms with Crippen LogP contribution in [-0.2, 0) is 29.0 Å². The van der Waals surface area contributed by atoms with Crippen molar-refractivity contribution < 1.29 is 14.0 Å². The second kappa shape index (κ2) is 13.0. The first-order valence-corrected chi connectivity index (χ1v) is 12.4. The SMILES string of the molecule is CCCCNC(=O)C(Cc1ccccc1)N(Cc1cccc(Br)c1)C(=O)Cc1ccccc1F. The number of unbranched alkanes of at least 4 members (excludes halogenated alkanes) is 1. The van der Waals surface area contributed by atoms with Crippen LogP contribution < -0.4 is 5.32 Å². The van der Waals surface area contributed by atoms with E-state index in [1.54, 1.807) is 23.1 Å². The van der Waals surface area contributed by atoms with E-state index in [2.05, 4.69) is 28.2 Å². The van der Waals surface area contributed by atoms with E-state index in [-0.39, 0.29) is 24.8 Å². The molecular weight excluding hydrogens is 495 g/mol. The number of benzene rings is 3. The molecule has 0 bridgehead atoms. The Bertz CT molecular complexity index is 1090. The summed E-state index contributed by atoms with van der Waals surface area (Å²) in [5.41, 5.74) is 2.16. The molecule has 3 aromatic rings. The fraction of sp³-hybridized carbons (Fsp3) is 0.286. The van der Waals surface area contributed by atoms with Crippen LogP contribution in [0.15, 0.2) is 83.3 Å². The van der Waals surface area contributed by atoms with E-state index in [0.29, 0.717) is 18.5 Å². The molecule has 0 fully saturated rings. The minimum absolute atomic E-state index is 0.117. The standard InChI is InChI=1S/C28H30BrFN2O2/c1-2-3-16-31-28(34)26(18-21-10-5-4-6-11-21)32(20-22-12-9-14-24(29)17-22)27(33)19-23-13-7-8-15-25(23)30/h4-15,17,26H,2-3,16,18-20H2,1H3,(H,31,34). The minimum Gasteiger partial charge on any atom is -0.354 e. The lowest BCUT2D eigenvalue weighted by Gasteiger charge is -2.32. The second-order valence-electron chi connectivity index (χ2n) is 8.27. The van der Waals surface area contributed by atoms with Crippen LogP contribution in [0.25, 0.3) is 0 Å². The monoisotopic (exact) mass is 524 g/mol. The third-order valence-corrected chi connectivity index (χ3v) is 6.14. The summed E-state index contributed by atoms with van der Waals surface area (Å²) >= 11 is 3.48. The van der Waals surface area contributed by atoms with Crippen LogP contribution in [0.2, 0.25) is 0 Å². The number of hydrogen-bond donors (Lipinski definition) is 1. The van der Waals surface area contributed by atoms with E-state index >= 15 is 0 Å². The fourth-order valence-corrected chi connectivity index (χ4v) is 4.25. The fourth-order valence-electron chi connectivity index (χ4n) is 3.80. The number of carbonyl (C=O) groups excluding carboxylic acids is 2. The Labute approximate surface area is 209 Å². The number of nitrogens with one attached hydrogen (secondary N) is 1. The van der Waals surface area contributed by atoms with Crippen molar-refractivity contribution >= 4 is 27.7 Å². The zero-order valence-corrected chi connectivity index (χ0v) is 20.9. The summed E-state index contributed by atoms with van der Waals surface area (Å²) in [6.07, 6.45) is 2.07. The third-order valence-electron chi connectivity index (χ3n) is 5.64. The molecule has 0 saturated heterocycles. The molecule has 4 nitrogen and oxygen atoms in total. The maximum atomic E-state index is 14.3. The lowest BCUT2D eigenvalue weighted by molar-refractivity contribution is -0.140. The van der Waals surface area contributed by atoms with Gasteiger partial charge >= 0.3 is 0 Å². The second-order valence-corrected chi connectivity index (χ2v) is 9.19. The number of nitrogens with zero attached hydrogens (tertiary/aromatic N) is 1. The Morgan fingerprint density at radius 1 is 0.971 bits per heavy atom. The highest BCUT2D eigenvalue weighted by molar-refractivity contribution is 9.10. The van der Waals surface area contributed by atoms with Gasteiger partial charge in [-0.05, 0) is 41.3 Å². The number of amides is 2. The zero-order chi connectivity index (χ0) is 24.3. The van der Waals surface area contributed by atoms with Crippen molar-refractivity contribution in [2.45, 2.75) is 45.2 Å². The summed E-state index contributed by atoms with van der Waals surface area (Å²) in [5.74, 6) is -0.920. The van der Waals surface area contributed by atoms with Crippen molar-refractivity contribution in [2.75, 3.05) is 6.54 Å². The zero-order valence-electron chi connectivity index (χ0n) is 19.3. The molecule has 34 heavy (non-hydrogen) atoms. The highest BCUT2D eigenvalue weighted by Crippen LogP contribution is 2.19. The average molecular weight is 525 g/mol. The summed E-state index contributed by atoms with van der Waals surface area (Å²) in [6, 6.07) is 22.9. The van der Waals surface area contributed by atoms with Gasteiger partial charge in [0.15, 0.2) is 0 Å². The predicted octanol–water partition coefficient (Wildman–Crippen LogP) is 5.69. The largest absolute Gasteiger partial charge is 0.354 e. The molecule has 1 atom stereocenters. The van der Waals surface area contributed by atoms with Gasteiger partial charge in [-0.25, -0.2) is 4.39 Å². The van der Waals surface area contributed by atoms with Crippen LogP contribution in [0.1, 0.15) is 36.5 Å². The van der Waals surface area contributed by atoms with Gasteiger partial charge in [0.1, 0.15) is 11.9 Å². The van der Waals surface area contributed by atoms with E-state index in [9.17, 15) is 14.0 Å². The highest BCUT2D eigenvalue weighted by Gasteiger charge is 2.30. The van der Waals surface area contributed by atoms with Crippen molar-refractivity contribution in [1.82, 2.24) is 10.2 Å². The molecule has 0 aromatic heterocycles. The summed E-state index contributed by atoms with van der Waals surface area (Å²) < 4.78 is 15.2. The van der Waals surface area contributed by atoms with Gasteiger partial charge in [-0.2, -0.15) is 0 Å². The molecule has 1 unspecified atom stereocenters. The van der Waals surface area contributed by atoms with E-state index in [1.807, 2.05) is 54.6 Å². The molecule has 0 radical (unpaired) electrons. The van der Waals surface area contributed by atoms with Crippen molar-refractivity contribution in [3.63, 3.8) is 0 Å². The normalized spacial score (nSPS) is 11.6. The third kappa shape index (κ3) is 7.52. The molecule has 0 heterocycles. The maximum absolute atomic E-state index is 14.3. The Hall–Kier alpha value is -2.99. The van der Waals surface area contributed by atoms with Crippen molar-refractivity contribution in [1.29, 1.82) is 0 Å². The molecule has 0 saturated carbocycles. The number of halogens is 2. The molecule has 6 heteroatoms. The Morgan fingerprint density at radius 2 is 1.68 bits per heavy atom. The lowest BCUT2D eigenvalue weighted by atomic mass is 10.0. The highest BCUT2D eigenvalue weighted by atomic mass is 79.9. The van der Waals surface area contributed by atoms with Gasteiger partial charge in [0, 0.05) is 24.0 Å². The van der Waals surface area contributed by atoms with Gasteiger partial charge in [0.2, 0.25) is 11.8 Å². The molecule has 0 aliphatic heterocycles. The average Bonchev–Trinajstić information content (AvgIpc) is 2.83. The number of hydrogen-bond acceptors (Lipinski definition) is 2. The van der Waals surface area contributed by atoms with Crippen molar-refractivity contribution in [3.05, 3.63) is 106 Å². The quantitative estimate of drug-likeness (QED) is 0.327. The summed E-state index contributed by atoms with van der Waals surface area (Å²) in [4.78, 5) is 28.5. The minimum atomic E-state index is -0.725. The number of rotatable bonds is 11. The van der Waals surface area contributed by atoms with Crippen LogP contribution in [0.3, 0.4) is 0 Å². The van der Waals surface area contributed by atoms with Crippen LogP contribution >= 0.6 is 15.9 Å². The molecule has 3 aromatic carbocycles. The van der Waals surface area contributed by atoms with Crippen LogP contribution in [0.4, 0.5) is 4.39 Å². The van der Waals surface area contributed by atoms with Crippen LogP contribution in [0, 0.1) is 5.82 Å². The molecule has 3 rings (SSSR count). The summed E-state index contributed by atoms with van der Waals surface area (Å²) in [7, 11) is 0. The van der Waals surface area contributed by atoms with Crippen LogP contribution in [-0.4, -0.2) is 29.3 Å². The van der Waals surface area contributed by atoms with Gasteiger partial charge in [-0.3, -0.25) is 9.59 Å². The van der Waals surface area contributed by atoms with Gasteiger partial charge in [-0.1, -0.05) is 89.9 Å². The predicted molar refractivity (Wildman–Crippen MR) is 137 cm³/mol. The molecule has 178 valence electrons. The van der Waals surface area contributed by atoms with Crippen molar-refractivity contribution in [2.24, 2.45) is 0 Å². The molecular formula is C28H30BrFN2O2. The summed E-state index contributed by atoms with van der Waals surface area (Å²) in [5, 5.41) is 3.00. The van der Waals surface area contributed by atoms with Gasteiger partial charge in [0.05, 0.1) is 6.42 Å². The first-order valence-electron chi connectivity index (χ1n) is 11.6. The van der Waals surface area contributed by atoms with Crippen molar-refractivity contribution in [3.8, 4) is 0 Å². The molecule has 0 spiro atoms. The van der Waals surface area contributed by atoms with E-state index in [1.165, 1.54) is 6.07 Å². The summed E-state index contributed by atoms with van der Waals surface area (Å²) in [6.45, 7) is 2.85. The van der Waals surface area contributed by atoms with E-state index in [0.717, 1.165) is 28.4 Å². The molecule has 1 N–H and O–H groups in total. The maximum Gasteiger partial charge on any atom is 0.243 e. The molecule has 2 amide bonds. The Morgan fingerprint density at radius 3 is 2.38 bits per heavy atom. The van der Waals surface area contributed by atoms with Gasteiger partial charge in [-0.15, -0.1) is 0 Å². The van der Waals surface area contributed by atoms with Gasteiger partial charge in [0.25, 0.3) is 0 Å². The topological polar surface area (TPSA) is 49.4 Å². The molecule has 0 aliphatic carbocycles. The van der Waals surface area contributed by atoms with E-state index in [4.69, 9.17) is 0 Å². The van der Waals surface area contributed by atoms with E-state index < -0.39 is 11.9 Å².